The first-order valence-corrected chi connectivity index (χ1v) is 5.53. The van der Waals surface area contributed by atoms with Crippen molar-refractivity contribution in [2.24, 2.45) is 5.41 Å². The second-order valence-electron chi connectivity index (χ2n) is 5.11. The number of para-hydroxylation sites is 1. The quantitative estimate of drug-likeness (QED) is 0.764. The summed E-state index contributed by atoms with van der Waals surface area (Å²) < 4.78 is 0. The number of Topliss-reactive ketones (excluding diaryl/α,β-unsaturated/α-hetero) is 1. The molecule has 0 bridgehead atoms. The second kappa shape index (κ2) is 3.84. The summed E-state index contributed by atoms with van der Waals surface area (Å²) in [5.41, 5.74) is 0.558. The van der Waals surface area contributed by atoms with Crippen molar-refractivity contribution < 1.29 is 9.90 Å². The Morgan fingerprint density at radius 1 is 1.24 bits per heavy atom. The van der Waals surface area contributed by atoms with Crippen LogP contribution in [0.4, 0.5) is 0 Å². The summed E-state index contributed by atoms with van der Waals surface area (Å²) >= 11 is 0. The molecule has 0 saturated heterocycles. The zero-order valence-corrected chi connectivity index (χ0v) is 10.2. The maximum Gasteiger partial charge on any atom is 0.172 e. The van der Waals surface area contributed by atoms with E-state index in [0.717, 1.165) is 5.52 Å². The molecule has 0 unspecified atom stereocenters. The van der Waals surface area contributed by atoms with Gasteiger partial charge in [-0.2, -0.15) is 0 Å². The van der Waals surface area contributed by atoms with Crippen molar-refractivity contribution in [2.45, 2.75) is 20.8 Å². The monoisotopic (exact) mass is 229 g/mol. The van der Waals surface area contributed by atoms with E-state index in [2.05, 4.69) is 4.98 Å². The highest BCUT2D eigenvalue weighted by Gasteiger charge is 2.27. The van der Waals surface area contributed by atoms with E-state index in [1.165, 1.54) is 6.20 Å². The Labute approximate surface area is 100 Å². The summed E-state index contributed by atoms with van der Waals surface area (Å²) in [6, 6.07) is 7.33. The fourth-order valence-corrected chi connectivity index (χ4v) is 1.74. The first kappa shape index (κ1) is 11.6. The van der Waals surface area contributed by atoms with Crippen LogP contribution in [0.2, 0.25) is 0 Å². The van der Waals surface area contributed by atoms with Crippen LogP contribution < -0.4 is 0 Å². The topological polar surface area (TPSA) is 50.2 Å². The van der Waals surface area contributed by atoms with Crippen molar-refractivity contribution in [3.8, 4) is 5.75 Å². The highest BCUT2D eigenvalue weighted by Crippen LogP contribution is 2.31. The molecule has 2 aromatic rings. The largest absolute Gasteiger partial charge is 0.506 e. The van der Waals surface area contributed by atoms with Crippen LogP contribution in [0.3, 0.4) is 0 Å². The number of ketones is 1. The first-order chi connectivity index (χ1) is 7.91. The molecule has 0 radical (unpaired) electrons. The van der Waals surface area contributed by atoms with Crippen molar-refractivity contribution in [3.63, 3.8) is 0 Å². The molecule has 1 aromatic carbocycles. The van der Waals surface area contributed by atoms with Crippen LogP contribution in [-0.2, 0) is 0 Å². The lowest BCUT2D eigenvalue weighted by Crippen LogP contribution is -2.20. The number of aromatic nitrogens is 1. The summed E-state index contributed by atoms with van der Waals surface area (Å²) in [7, 11) is 0. The van der Waals surface area contributed by atoms with E-state index in [1.54, 1.807) is 6.07 Å². The summed E-state index contributed by atoms with van der Waals surface area (Å²) in [5.74, 6) is -0.128. The van der Waals surface area contributed by atoms with E-state index < -0.39 is 5.41 Å². The molecule has 0 spiro atoms. The molecule has 0 atom stereocenters. The first-order valence-electron chi connectivity index (χ1n) is 5.53. The van der Waals surface area contributed by atoms with Gasteiger partial charge >= 0.3 is 0 Å². The van der Waals surface area contributed by atoms with Gasteiger partial charge in [0.15, 0.2) is 5.78 Å². The third-order valence-electron chi connectivity index (χ3n) is 2.66. The van der Waals surface area contributed by atoms with Gasteiger partial charge in [0.25, 0.3) is 0 Å². The average molecular weight is 229 g/mol. The number of nitrogens with zero attached hydrogens (tertiary/aromatic N) is 1. The van der Waals surface area contributed by atoms with Gasteiger partial charge < -0.3 is 5.11 Å². The second-order valence-corrected chi connectivity index (χ2v) is 5.11. The Morgan fingerprint density at radius 2 is 1.88 bits per heavy atom. The minimum Gasteiger partial charge on any atom is -0.506 e. The van der Waals surface area contributed by atoms with Gasteiger partial charge in [0.1, 0.15) is 5.75 Å². The zero-order chi connectivity index (χ0) is 12.6. The van der Waals surface area contributed by atoms with Crippen molar-refractivity contribution in [1.29, 1.82) is 0 Å². The van der Waals surface area contributed by atoms with Gasteiger partial charge in [-0.1, -0.05) is 39.0 Å². The van der Waals surface area contributed by atoms with Crippen molar-refractivity contribution in [3.05, 3.63) is 36.0 Å². The van der Waals surface area contributed by atoms with E-state index >= 15 is 0 Å². The number of aromatic hydroxyl groups is 1. The van der Waals surface area contributed by atoms with Crippen LogP contribution >= 0.6 is 0 Å². The van der Waals surface area contributed by atoms with Crippen LogP contribution in [0, 0.1) is 5.41 Å². The Morgan fingerprint density at radius 3 is 2.53 bits per heavy atom. The van der Waals surface area contributed by atoms with Gasteiger partial charge in [-0.25, -0.2) is 0 Å². The van der Waals surface area contributed by atoms with Crippen LogP contribution in [0.15, 0.2) is 30.5 Å². The molecular formula is C14H15NO2. The molecule has 0 aliphatic carbocycles. The summed E-state index contributed by atoms with van der Waals surface area (Å²) in [6.45, 7) is 5.51. The molecular weight excluding hydrogens is 214 g/mol. The number of carbonyl (C=O) groups excluding carboxylic acids is 1. The predicted molar refractivity (Wildman–Crippen MR) is 67.2 cm³/mol. The number of pyridine rings is 1. The standard InChI is InChI=1S/C14H15NO2/c1-14(2,3)13(17)12-9-6-4-5-7-10(9)15-8-11(12)16/h4-8,16H,1-3H3. The van der Waals surface area contributed by atoms with Gasteiger partial charge in [-0.3, -0.25) is 9.78 Å². The highest BCUT2D eigenvalue weighted by molar-refractivity contribution is 6.11. The molecule has 3 nitrogen and oxygen atoms in total. The maximum atomic E-state index is 12.3. The van der Waals surface area contributed by atoms with Crippen LogP contribution in [0.5, 0.6) is 5.75 Å². The van der Waals surface area contributed by atoms with E-state index in [1.807, 2.05) is 39.0 Å². The molecule has 1 N–H and O–H groups in total. The van der Waals surface area contributed by atoms with Crippen molar-refractivity contribution in [1.82, 2.24) is 4.98 Å². The number of fused-ring (bicyclic) bond motifs is 1. The van der Waals surface area contributed by atoms with Crippen molar-refractivity contribution >= 4 is 16.7 Å². The summed E-state index contributed by atoms with van der Waals surface area (Å²) in [5, 5.41) is 10.6. The van der Waals surface area contributed by atoms with Gasteiger partial charge in [-0.05, 0) is 6.07 Å². The predicted octanol–water partition coefficient (Wildman–Crippen LogP) is 3.17. The smallest absolute Gasteiger partial charge is 0.172 e. The molecule has 0 saturated carbocycles. The Hall–Kier alpha value is -1.90. The van der Waals surface area contributed by atoms with Crippen LogP contribution in [0.25, 0.3) is 10.9 Å². The number of carbonyl (C=O) groups is 1. The fourth-order valence-electron chi connectivity index (χ4n) is 1.74. The average Bonchev–Trinajstić information content (AvgIpc) is 2.27. The Kier molecular flexibility index (Phi) is 2.62. The van der Waals surface area contributed by atoms with Gasteiger partial charge in [0.2, 0.25) is 0 Å². The van der Waals surface area contributed by atoms with E-state index in [4.69, 9.17) is 0 Å². The lowest BCUT2D eigenvalue weighted by Gasteiger charge is -2.18. The lowest BCUT2D eigenvalue weighted by atomic mass is 9.85. The van der Waals surface area contributed by atoms with E-state index in [9.17, 15) is 9.90 Å². The number of hydrogen-bond acceptors (Lipinski definition) is 3. The molecule has 0 amide bonds. The third kappa shape index (κ3) is 2.00. The van der Waals surface area contributed by atoms with Gasteiger partial charge in [-0.15, -0.1) is 0 Å². The summed E-state index contributed by atoms with van der Waals surface area (Å²) in [6.07, 6.45) is 1.33. The lowest BCUT2D eigenvalue weighted by molar-refractivity contribution is 0.0857. The molecule has 2 rings (SSSR count). The molecule has 1 aromatic heterocycles. The Bertz CT molecular complexity index is 582. The molecule has 3 heteroatoms. The SMILES string of the molecule is CC(C)(C)C(=O)c1c(O)cnc2ccccc12. The number of hydrogen-bond donors (Lipinski definition) is 1. The van der Waals surface area contributed by atoms with Crippen LogP contribution in [0.1, 0.15) is 31.1 Å². The summed E-state index contributed by atoms with van der Waals surface area (Å²) in [4.78, 5) is 16.4. The van der Waals surface area contributed by atoms with Gasteiger partial charge in [0.05, 0.1) is 17.3 Å². The molecule has 88 valence electrons. The Balaban J connectivity index is 2.76. The molecule has 0 fully saturated rings. The molecule has 0 aliphatic rings. The van der Waals surface area contributed by atoms with Crippen molar-refractivity contribution in [2.75, 3.05) is 0 Å². The normalized spacial score (nSPS) is 11.7. The van der Waals surface area contributed by atoms with E-state index in [0.29, 0.717) is 10.9 Å². The minimum absolute atomic E-state index is 0.0522. The molecule has 17 heavy (non-hydrogen) atoms. The third-order valence-corrected chi connectivity index (χ3v) is 2.66. The zero-order valence-electron chi connectivity index (χ0n) is 10.2. The maximum absolute atomic E-state index is 12.3. The highest BCUT2D eigenvalue weighted by atomic mass is 16.3. The van der Waals surface area contributed by atoms with E-state index in [-0.39, 0.29) is 11.5 Å². The van der Waals surface area contributed by atoms with Crippen LogP contribution in [-0.4, -0.2) is 15.9 Å². The number of rotatable bonds is 1. The molecule has 1 heterocycles. The van der Waals surface area contributed by atoms with Gasteiger partial charge in [0, 0.05) is 10.8 Å². The molecule has 0 aliphatic heterocycles. The fraction of sp³-hybridized carbons (Fsp3) is 0.286. The number of benzene rings is 1. The minimum atomic E-state index is -0.526.